The molecule has 0 fully saturated rings. The maximum Gasteiger partial charge on any atom is 0.326 e. The molecule has 0 heterocycles. The average molecular weight is 382 g/mol. The van der Waals surface area contributed by atoms with Gasteiger partial charge in [-0.3, -0.25) is 9.59 Å². The van der Waals surface area contributed by atoms with Gasteiger partial charge in [0.05, 0.1) is 6.54 Å². The summed E-state index contributed by atoms with van der Waals surface area (Å²) >= 11 is 0. The first-order valence-electron chi connectivity index (χ1n) is 9.25. The van der Waals surface area contributed by atoms with Gasteiger partial charge in [0.1, 0.15) is 6.04 Å². The minimum Gasteiger partial charge on any atom is -0.480 e. The molecule has 2 N–H and O–H groups in total. The quantitative estimate of drug-likeness (QED) is 0.698. The van der Waals surface area contributed by atoms with E-state index < -0.39 is 17.9 Å². The third-order valence-corrected chi connectivity index (χ3v) is 4.54. The molecule has 0 radical (unpaired) electrons. The first kappa shape index (κ1) is 21.2. The van der Waals surface area contributed by atoms with E-state index in [0.29, 0.717) is 6.42 Å². The lowest BCUT2D eigenvalue weighted by atomic mass is 10.1. The molecule has 6 nitrogen and oxygen atoms in total. The predicted molar refractivity (Wildman–Crippen MR) is 107 cm³/mol. The predicted octanol–water partition coefficient (Wildman–Crippen LogP) is 2.55. The first-order chi connectivity index (χ1) is 13.4. The van der Waals surface area contributed by atoms with E-state index in [1.54, 1.807) is 0 Å². The molecule has 1 atom stereocenters. The van der Waals surface area contributed by atoms with Gasteiger partial charge in [0.15, 0.2) is 0 Å². The van der Waals surface area contributed by atoms with Crippen LogP contribution in [0.3, 0.4) is 0 Å². The number of rotatable bonds is 9. The molecular formula is C22H26N2O4. The standard InChI is InChI=1S/C22H26N2O4/c1-16-8-10-18(11-9-16)12-13-20(25)23-14-21(26)24(17(2)22(27)28)15-19-6-4-3-5-7-19/h3-11,17H,12-15H2,1-2H3,(H,23,25)(H,27,28). The van der Waals surface area contributed by atoms with Crippen LogP contribution in [0.25, 0.3) is 0 Å². The maximum atomic E-state index is 12.6. The number of benzene rings is 2. The monoisotopic (exact) mass is 382 g/mol. The van der Waals surface area contributed by atoms with Gasteiger partial charge >= 0.3 is 5.97 Å². The van der Waals surface area contributed by atoms with E-state index in [9.17, 15) is 19.5 Å². The largest absolute Gasteiger partial charge is 0.480 e. The highest BCUT2D eigenvalue weighted by atomic mass is 16.4. The molecule has 0 saturated carbocycles. The van der Waals surface area contributed by atoms with Gasteiger partial charge in [-0.05, 0) is 31.4 Å². The number of carboxylic acid groups (broad SMARTS) is 1. The normalized spacial score (nSPS) is 11.5. The zero-order valence-electron chi connectivity index (χ0n) is 16.2. The van der Waals surface area contributed by atoms with Gasteiger partial charge in [-0.15, -0.1) is 0 Å². The summed E-state index contributed by atoms with van der Waals surface area (Å²) < 4.78 is 0. The van der Waals surface area contributed by atoms with Crippen molar-refractivity contribution in [2.24, 2.45) is 0 Å². The first-order valence-corrected chi connectivity index (χ1v) is 9.25. The molecular weight excluding hydrogens is 356 g/mol. The minimum atomic E-state index is -1.09. The second-order valence-corrected chi connectivity index (χ2v) is 6.78. The minimum absolute atomic E-state index is 0.173. The van der Waals surface area contributed by atoms with Crippen LogP contribution >= 0.6 is 0 Å². The highest BCUT2D eigenvalue weighted by molar-refractivity contribution is 5.87. The van der Waals surface area contributed by atoms with Crippen LogP contribution in [-0.2, 0) is 27.3 Å². The van der Waals surface area contributed by atoms with E-state index in [1.165, 1.54) is 11.8 Å². The molecule has 0 aliphatic carbocycles. The van der Waals surface area contributed by atoms with Gasteiger partial charge in [-0.25, -0.2) is 4.79 Å². The van der Waals surface area contributed by atoms with Crippen LogP contribution in [0.1, 0.15) is 30.0 Å². The van der Waals surface area contributed by atoms with Crippen LogP contribution in [0.15, 0.2) is 54.6 Å². The molecule has 148 valence electrons. The van der Waals surface area contributed by atoms with E-state index in [-0.39, 0.29) is 25.4 Å². The summed E-state index contributed by atoms with van der Waals surface area (Å²) in [6, 6.07) is 16.1. The summed E-state index contributed by atoms with van der Waals surface area (Å²) in [5, 5.41) is 11.9. The summed E-state index contributed by atoms with van der Waals surface area (Å²) in [4.78, 5) is 37.3. The Hall–Kier alpha value is -3.15. The molecule has 0 aliphatic heterocycles. The highest BCUT2D eigenvalue weighted by Gasteiger charge is 2.25. The summed E-state index contributed by atoms with van der Waals surface area (Å²) in [5.74, 6) is -1.76. The summed E-state index contributed by atoms with van der Waals surface area (Å²) in [5.41, 5.74) is 3.04. The number of carboxylic acids is 1. The van der Waals surface area contributed by atoms with E-state index in [1.807, 2.05) is 61.5 Å². The van der Waals surface area contributed by atoms with Crippen molar-refractivity contribution in [2.45, 2.75) is 39.3 Å². The molecule has 0 spiro atoms. The van der Waals surface area contributed by atoms with Crippen LogP contribution in [0.5, 0.6) is 0 Å². The Balaban J connectivity index is 1.89. The third kappa shape index (κ3) is 6.54. The number of nitrogens with zero attached hydrogens (tertiary/aromatic N) is 1. The molecule has 1 unspecified atom stereocenters. The second kappa shape index (κ2) is 10.3. The topological polar surface area (TPSA) is 86.7 Å². The maximum absolute atomic E-state index is 12.6. The van der Waals surface area contributed by atoms with Gasteiger partial charge < -0.3 is 15.3 Å². The average Bonchev–Trinajstić information content (AvgIpc) is 2.70. The lowest BCUT2D eigenvalue weighted by Crippen LogP contribution is -2.47. The van der Waals surface area contributed by atoms with Crippen molar-refractivity contribution in [3.63, 3.8) is 0 Å². The fraction of sp³-hybridized carbons (Fsp3) is 0.318. The van der Waals surface area contributed by atoms with Crippen molar-refractivity contribution >= 4 is 17.8 Å². The van der Waals surface area contributed by atoms with E-state index in [2.05, 4.69) is 5.32 Å². The van der Waals surface area contributed by atoms with E-state index in [0.717, 1.165) is 16.7 Å². The molecule has 2 aromatic rings. The van der Waals surface area contributed by atoms with Crippen molar-refractivity contribution in [1.82, 2.24) is 10.2 Å². The number of aliphatic carboxylic acids is 1. The van der Waals surface area contributed by atoms with Gasteiger partial charge in [0, 0.05) is 13.0 Å². The van der Waals surface area contributed by atoms with Crippen LogP contribution < -0.4 is 5.32 Å². The lowest BCUT2D eigenvalue weighted by molar-refractivity contribution is -0.149. The number of hydrogen-bond donors (Lipinski definition) is 2. The van der Waals surface area contributed by atoms with Crippen molar-refractivity contribution in [2.75, 3.05) is 6.54 Å². The zero-order chi connectivity index (χ0) is 20.5. The molecule has 0 bridgehead atoms. The smallest absolute Gasteiger partial charge is 0.326 e. The highest BCUT2D eigenvalue weighted by Crippen LogP contribution is 2.09. The van der Waals surface area contributed by atoms with Crippen molar-refractivity contribution < 1.29 is 19.5 Å². The Kier molecular flexibility index (Phi) is 7.75. The molecule has 0 aliphatic rings. The van der Waals surface area contributed by atoms with Crippen molar-refractivity contribution in [1.29, 1.82) is 0 Å². The van der Waals surface area contributed by atoms with Crippen LogP contribution in [-0.4, -0.2) is 40.4 Å². The van der Waals surface area contributed by atoms with Crippen LogP contribution in [0, 0.1) is 6.92 Å². The van der Waals surface area contributed by atoms with Gasteiger partial charge in [-0.2, -0.15) is 0 Å². The molecule has 6 heteroatoms. The molecule has 0 aromatic heterocycles. The van der Waals surface area contributed by atoms with Gasteiger partial charge in [-0.1, -0.05) is 60.2 Å². The zero-order valence-corrected chi connectivity index (χ0v) is 16.2. The van der Waals surface area contributed by atoms with Crippen molar-refractivity contribution in [3.8, 4) is 0 Å². The summed E-state index contributed by atoms with van der Waals surface area (Å²) in [6.07, 6.45) is 0.850. The third-order valence-electron chi connectivity index (χ3n) is 4.54. The fourth-order valence-corrected chi connectivity index (χ4v) is 2.73. The second-order valence-electron chi connectivity index (χ2n) is 6.78. The SMILES string of the molecule is Cc1ccc(CCC(=O)NCC(=O)N(Cc2ccccc2)C(C)C(=O)O)cc1. The van der Waals surface area contributed by atoms with Crippen LogP contribution in [0.2, 0.25) is 0 Å². The van der Waals surface area contributed by atoms with Crippen LogP contribution in [0.4, 0.5) is 0 Å². The Bertz CT molecular complexity index is 803. The number of carbonyl (C=O) groups excluding carboxylic acids is 2. The Morgan fingerprint density at radius 1 is 1.00 bits per heavy atom. The number of amides is 2. The number of hydrogen-bond acceptors (Lipinski definition) is 3. The summed E-state index contributed by atoms with van der Waals surface area (Å²) in [7, 11) is 0. The molecule has 2 aromatic carbocycles. The number of nitrogens with one attached hydrogen (secondary N) is 1. The molecule has 2 amide bonds. The van der Waals surface area contributed by atoms with E-state index in [4.69, 9.17) is 0 Å². The Labute approximate surface area is 165 Å². The number of aryl methyl sites for hydroxylation is 2. The Morgan fingerprint density at radius 2 is 1.64 bits per heavy atom. The van der Waals surface area contributed by atoms with Gasteiger partial charge in [0.25, 0.3) is 0 Å². The van der Waals surface area contributed by atoms with Gasteiger partial charge in [0.2, 0.25) is 11.8 Å². The molecule has 2 rings (SSSR count). The van der Waals surface area contributed by atoms with Crippen molar-refractivity contribution in [3.05, 3.63) is 71.3 Å². The summed E-state index contributed by atoms with van der Waals surface area (Å²) in [6.45, 7) is 3.41. The molecule has 0 saturated heterocycles. The lowest BCUT2D eigenvalue weighted by Gasteiger charge is -2.27. The number of carbonyl (C=O) groups is 3. The molecule has 28 heavy (non-hydrogen) atoms. The fourth-order valence-electron chi connectivity index (χ4n) is 2.73. The van der Waals surface area contributed by atoms with E-state index >= 15 is 0 Å². The Morgan fingerprint density at radius 3 is 2.25 bits per heavy atom.